The minimum absolute atomic E-state index is 0.302. The lowest BCUT2D eigenvalue weighted by molar-refractivity contribution is -0.118. The first-order chi connectivity index (χ1) is 8.97. The molecule has 0 saturated heterocycles. The number of carbonyl (C=O) groups excluding carboxylic acids is 2. The number of thioether (sulfide) groups is 2. The highest BCUT2D eigenvalue weighted by atomic mass is 32.2. The molecule has 2 amide bonds. The topological polar surface area (TPSA) is 112 Å². The lowest BCUT2D eigenvalue weighted by atomic mass is 10.3. The van der Waals surface area contributed by atoms with Crippen LogP contribution >= 0.6 is 34.9 Å². The molecular formula is C10H16N4O2S3. The second kappa shape index (κ2) is 7.71. The highest BCUT2D eigenvalue weighted by molar-refractivity contribution is 8.04. The average molecular weight is 320 g/mol. The van der Waals surface area contributed by atoms with Crippen LogP contribution < -0.4 is 11.5 Å². The third kappa shape index (κ3) is 5.00. The molecule has 1 heterocycles. The van der Waals surface area contributed by atoms with E-state index in [9.17, 15) is 9.59 Å². The van der Waals surface area contributed by atoms with Gasteiger partial charge in [0, 0.05) is 0 Å². The van der Waals surface area contributed by atoms with Crippen LogP contribution in [-0.4, -0.2) is 32.5 Å². The van der Waals surface area contributed by atoms with Gasteiger partial charge in [0.1, 0.15) is 0 Å². The molecule has 4 N–H and O–H groups in total. The first-order valence-corrected chi connectivity index (χ1v) is 8.30. The molecule has 9 heteroatoms. The van der Waals surface area contributed by atoms with Gasteiger partial charge in [-0.05, 0) is 12.8 Å². The molecule has 0 radical (unpaired) electrons. The van der Waals surface area contributed by atoms with E-state index in [1.807, 2.05) is 13.8 Å². The van der Waals surface area contributed by atoms with E-state index in [1.165, 1.54) is 34.9 Å². The fourth-order valence-electron chi connectivity index (χ4n) is 1.22. The minimum Gasteiger partial charge on any atom is -0.369 e. The van der Waals surface area contributed by atoms with Crippen molar-refractivity contribution in [1.29, 1.82) is 0 Å². The summed E-state index contributed by atoms with van der Waals surface area (Å²) >= 11 is 3.95. The number of hydrogen-bond acceptors (Lipinski definition) is 7. The fraction of sp³-hybridized carbons (Fsp3) is 0.600. The van der Waals surface area contributed by atoms with E-state index in [-0.39, 0.29) is 22.3 Å². The minimum atomic E-state index is -0.361. The number of aromatic nitrogens is 2. The normalized spacial score (nSPS) is 14.0. The van der Waals surface area contributed by atoms with Gasteiger partial charge in [-0.2, -0.15) is 0 Å². The molecule has 0 bridgehead atoms. The molecule has 6 nitrogen and oxygen atoms in total. The predicted molar refractivity (Wildman–Crippen MR) is 78.2 cm³/mol. The Kier molecular flexibility index (Phi) is 6.59. The molecule has 2 atom stereocenters. The predicted octanol–water partition coefficient (Wildman–Crippen LogP) is 1.25. The van der Waals surface area contributed by atoms with Gasteiger partial charge in [-0.1, -0.05) is 48.7 Å². The van der Waals surface area contributed by atoms with Gasteiger partial charge in [-0.15, -0.1) is 10.2 Å². The van der Waals surface area contributed by atoms with E-state index >= 15 is 0 Å². The van der Waals surface area contributed by atoms with E-state index in [0.717, 1.165) is 0 Å². The molecule has 1 aromatic heterocycles. The summed E-state index contributed by atoms with van der Waals surface area (Å²) in [5, 5.41) is 7.36. The Morgan fingerprint density at radius 2 is 1.42 bits per heavy atom. The summed E-state index contributed by atoms with van der Waals surface area (Å²) < 4.78 is 1.35. The summed E-state index contributed by atoms with van der Waals surface area (Å²) in [5.41, 5.74) is 10.5. The van der Waals surface area contributed by atoms with Crippen molar-refractivity contribution in [2.45, 2.75) is 45.9 Å². The molecule has 0 aromatic carbocycles. The monoisotopic (exact) mass is 320 g/mol. The summed E-state index contributed by atoms with van der Waals surface area (Å²) in [7, 11) is 0. The van der Waals surface area contributed by atoms with E-state index in [2.05, 4.69) is 10.2 Å². The zero-order valence-electron chi connectivity index (χ0n) is 10.7. The molecule has 106 valence electrons. The van der Waals surface area contributed by atoms with Gasteiger partial charge in [-0.3, -0.25) is 9.59 Å². The molecule has 0 aliphatic rings. The number of primary amides is 2. The zero-order valence-corrected chi connectivity index (χ0v) is 13.1. The smallest absolute Gasteiger partial charge is 0.230 e. The van der Waals surface area contributed by atoms with Gasteiger partial charge >= 0.3 is 0 Å². The molecule has 0 fully saturated rings. The molecule has 1 aromatic rings. The van der Waals surface area contributed by atoms with Crippen molar-refractivity contribution in [2.24, 2.45) is 11.5 Å². The number of carbonyl (C=O) groups is 2. The summed E-state index contributed by atoms with van der Waals surface area (Å²) in [6.07, 6.45) is 1.28. The number of nitrogens with zero attached hydrogens (tertiary/aromatic N) is 2. The standard InChI is InChI=1S/C10H16N4O2S3/c1-3-5(7(11)15)17-9-13-14-10(19-9)18-6(4-2)8(12)16/h5-6H,3-4H2,1-2H3,(H2,11,15)(H2,12,16)/t5-,6-/m1/s1. The fourth-order valence-corrected chi connectivity index (χ4v) is 4.48. The van der Waals surface area contributed by atoms with Crippen molar-refractivity contribution in [3.05, 3.63) is 0 Å². The van der Waals surface area contributed by atoms with Crippen molar-refractivity contribution in [3.63, 3.8) is 0 Å². The lowest BCUT2D eigenvalue weighted by Crippen LogP contribution is -2.24. The quantitative estimate of drug-likeness (QED) is 0.697. The molecule has 0 aliphatic carbocycles. The molecule has 1 rings (SSSR count). The average Bonchev–Trinajstić information content (AvgIpc) is 2.79. The van der Waals surface area contributed by atoms with Gasteiger partial charge in [-0.25, -0.2) is 0 Å². The number of amides is 2. The van der Waals surface area contributed by atoms with Gasteiger partial charge < -0.3 is 11.5 Å². The van der Waals surface area contributed by atoms with Crippen molar-refractivity contribution < 1.29 is 9.59 Å². The molecular weight excluding hydrogens is 304 g/mol. The van der Waals surface area contributed by atoms with E-state index < -0.39 is 0 Å². The first-order valence-electron chi connectivity index (χ1n) is 5.73. The third-order valence-corrected chi connectivity index (χ3v) is 6.11. The Bertz CT molecular complexity index is 413. The van der Waals surface area contributed by atoms with Crippen LogP contribution in [0.4, 0.5) is 0 Å². The maximum Gasteiger partial charge on any atom is 0.230 e. The molecule has 0 unspecified atom stereocenters. The van der Waals surface area contributed by atoms with Crippen LogP contribution in [0.3, 0.4) is 0 Å². The van der Waals surface area contributed by atoms with Crippen LogP contribution in [0, 0.1) is 0 Å². The number of rotatable bonds is 8. The van der Waals surface area contributed by atoms with Crippen molar-refractivity contribution in [3.8, 4) is 0 Å². The van der Waals surface area contributed by atoms with Crippen LogP contribution in [0.2, 0.25) is 0 Å². The van der Waals surface area contributed by atoms with E-state index in [1.54, 1.807) is 0 Å². The van der Waals surface area contributed by atoms with Gasteiger partial charge in [0.05, 0.1) is 10.5 Å². The number of hydrogen-bond donors (Lipinski definition) is 2. The Labute approximate surface area is 124 Å². The third-order valence-electron chi connectivity index (χ3n) is 2.25. The van der Waals surface area contributed by atoms with Crippen LogP contribution in [-0.2, 0) is 9.59 Å². The highest BCUT2D eigenvalue weighted by Crippen LogP contribution is 2.34. The van der Waals surface area contributed by atoms with Crippen LogP contribution in [0.15, 0.2) is 8.68 Å². The zero-order chi connectivity index (χ0) is 14.4. The van der Waals surface area contributed by atoms with Crippen molar-refractivity contribution in [2.75, 3.05) is 0 Å². The van der Waals surface area contributed by atoms with Gasteiger partial charge in [0.2, 0.25) is 11.8 Å². The SMILES string of the molecule is CC[C@@H](Sc1nnc(S[C@H](CC)C(N)=O)s1)C(N)=O. The maximum atomic E-state index is 11.1. The van der Waals surface area contributed by atoms with E-state index in [4.69, 9.17) is 11.5 Å². The Morgan fingerprint density at radius 3 is 1.68 bits per heavy atom. The second-order valence-corrected chi connectivity index (χ2v) is 7.55. The Hall–Kier alpha value is -0.800. The van der Waals surface area contributed by atoms with Gasteiger partial charge in [0.25, 0.3) is 0 Å². The summed E-state index contributed by atoms with van der Waals surface area (Å²) in [6.45, 7) is 3.78. The second-order valence-electron chi connectivity index (χ2n) is 3.67. The van der Waals surface area contributed by atoms with Gasteiger partial charge in [0.15, 0.2) is 8.68 Å². The summed E-state index contributed by atoms with van der Waals surface area (Å²) in [4.78, 5) is 22.3. The Morgan fingerprint density at radius 1 is 1.05 bits per heavy atom. The van der Waals surface area contributed by atoms with Crippen LogP contribution in [0.5, 0.6) is 0 Å². The van der Waals surface area contributed by atoms with Crippen LogP contribution in [0.1, 0.15) is 26.7 Å². The Balaban J connectivity index is 2.66. The lowest BCUT2D eigenvalue weighted by Gasteiger charge is -2.07. The number of nitrogens with two attached hydrogens (primary N) is 2. The molecule has 0 spiro atoms. The highest BCUT2D eigenvalue weighted by Gasteiger charge is 2.20. The molecule has 0 saturated carbocycles. The van der Waals surface area contributed by atoms with Crippen molar-refractivity contribution in [1.82, 2.24) is 10.2 Å². The van der Waals surface area contributed by atoms with Crippen LogP contribution in [0.25, 0.3) is 0 Å². The largest absolute Gasteiger partial charge is 0.369 e. The summed E-state index contributed by atoms with van der Waals surface area (Å²) in [5.74, 6) is -0.721. The first kappa shape index (κ1) is 16.3. The summed E-state index contributed by atoms with van der Waals surface area (Å²) in [6, 6.07) is 0. The van der Waals surface area contributed by atoms with Crippen molar-refractivity contribution >= 4 is 46.7 Å². The molecule has 0 aliphatic heterocycles. The maximum absolute atomic E-state index is 11.1. The molecule has 19 heavy (non-hydrogen) atoms. The van der Waals surface area contributed by atoms with E-state index in [0.29, 0.717) is 21.5 Å².